The lowest BCUT2D eigenvalue weighted by Gasteiger charge is -2.07. The molecule has 0 fully saturated rings. The Hall–Kier alpha value is -2.30. The summed E-state index contributed by atoms with van der Waals surface area (Å²) in [5, 5.41) is 3.87. The second-order valence-electron chi connectivity index (χ2n) is 4.34. The first-order chi connectivity index (χ1) is 9.61. The number of hydrogen-bond acceptors (Lipinski definition) is 5. The molecule has 1 heterocycles. The largest absolute Gasteiger partial charge is 0.489 e. The first kappa shape index (κ1) is 14.1. The van der Waals surface area contributed by atoms with Crippen LogP contribution in [0.1, 0.15) is 34.3 Å². The molecule has 5 nitrogen and oxygen atoms in total. The van der Waals surface area contributed by atoms with Gasteiger partial charge < -0.3 is 14.0 Å². The molecule has 2 rings (SSSR count). The lowest BCUT2D eigenvalue weighted by atomic mass is 10.2. The number of carbonyl (C=O) groups is 1. The molecular formula is C15H17NO4. The van der Waals surface area contributed by atoms with Crippen LogP contribution < -0.4 is 4.74 Å². The molecular weight excluding hydrogens is 258 g/mol. The van der Waals surface area contributed by atoms with Gasteiger partial charge in [0.05, 0.1) is 23.4 Å². The van der Waals surface area contributed by atoms with E-state index in [1.54, 1.807) is 31.2 Å². The average molecular weight is 275 g/mol. The predicted octanol–water partition coefficient (Wildman–Crippen LogP) is 3.05. The number of aromatic nitrogens is 1. The Bertz CT molecular complexity index is 584. The molecule has 0 radical (unpaired) electrons. The van der Waals surface area contributed by atoms with Crippen LogP contribution in [0.4, 0.5) is 0 Å². The number of hydrogen-bond donors (Lipinski definition) is 0. The second-order valence-corrected chi connectivity index (χ2v) is 4.34. The van der Waals surface area contributed by atoms with E-state index in [-0.39, 0.29) is 5.97 Å². The van der Waals surface area contributed by atoms with E-state index in [1.165, 1.54) is 0 Å². The monoisotopic (exact) mass is 275 g/mol. The first-order valence-corrected chi connectivity index (χ1v) is 6.43. The van der Waals surface area contributed by atoms with Gasteiger partial charge in [0.15, 0.2) is 0 Å². The van der Waals surface area contributed by atoms with Crippen LogP contribution in [0.2, 0.25) is 0 Å². The molecule has 0 spiro atoms. The first-order valence-electron chi connectivity index (χ1n) is 6.43. The molecule has 20 heavy (non-hydrogen) atoms. The molecule has 5 heteroatoms. The smallest absolute Gasteiger partial charge is 0.338 e. The zero-order valence-electron chi connectivity index (χ0n) is 11.8. The predicted molar refractivity (Wildman–Crippen MR) is 72.7 cm³/mol. The minimum Gasteiger partial charge on any atom is -0.489 e. The summed E-state index contributed by atoms with van der Waals surface area (Å²) in [4.78, 5) is 11.6. The van der Waals surface area contributed by atoms with Crippen molar-refractivity contribution in [1.29, 1.82) is 0 Å². The Balaban J connectivity index is 2.07. The third-order valence-electron chi connectivity index (χ3n) is 2.91. The van der Waals surface area contributed by atoms with Crippen molar-refractivity contribution in [2.24, 2.45) is 0 Å². The van der Waals surface area contributed by atoms with E-state index >= 15 is 0 Å². The number of rotatable bonds is 5. The molecule has 0 aliphatic heterocycles. The Morgan fingerprint density at radius 2 is 2.15 bits per heavy atom. The maximum atomic E-state index is 11.6. The summed E-state index contributed by atoms with van der Waals surface area (Å²) in [6.45, 7) is 6.18. The fraction of sp³-hybridized carbons (Fsp3) is 0.333. The van der Waals surface area contributed by atoms with Gasteiger partial charge in [-0.3, -0.25) is 0 Å². The van der Waals surface area contributed by atoms with Gasteiger partial charge in [0.2, 0.25) is 0 Å². The van der Waals surface area contributed by atoms with Gasteiger partial charge in [0, 0.05) is 0 Å². The number of esters is 1. The van der Waals surface area contributed by atoms with Gasteiger partial charge in [-0.1, -0.05) is 11.2 Å². The van der Waals surface area contributed by atoms with Gasteiger partial charge >= 0.3 is 5.97 Å². The molecule has 2 aromatic rings. The number of benzene rings is 1. The highest BCUT2D eigenvalue weighted by molar-refractivity contribution is 5.89. The van der Waals surface area contributed by atoms with Crippen LogP contribution in [0.15, 0.2) is 28.8 Å². The highest BCUT2D eigenvalue weighted by Crippen LogP contribution is 2.18. The zero-order chi connectivity index (χ0) is 14.5. The van der Waals surface area contributed by atoms with Crippen LogP contribution in [0.5, 0.6) is 5.75 Å². The fourth-order valence-corrected chi connectivity index (χ4v) is 1.79. The van der Waals surface area contributed by atoms with E-state index < -0.39 is 0 Å². The highest BCUT2D eigenvalue weighted by Gasteiger charge is 2.11. The topological polar surface area (TPSA) is 61.6 Å². The molecule has 0 saturated carbocycles. The van der Waals surface area contributed by atoms with Crippen molar-refractivity contribution in [2.75, 3.05) is 6.61 Å². The molecule has 106 valence electrons. The van der Waals surface area contributed by atoms with E-state index in [1.807, 2.05) is 13.8 Å². The second kappa shape index (κ2) is 6.23. The number of nitrogens with zero attached hydrogens (tertiary/aromatic N) is 1. The fourth-order valence-electron chi connectivity index (χ4n) is 1.79. The highest BCUT2D eigenvalue weighted by atomic mass is 16.5. The molecule has 0 aliphatic rings. The number of carbonyl (C=O) groups excluding carboxylic acids is 1. The molecule has 1 aromatic heterocycles. The van der Waals surface area contributed by atoms with E-state index in [2.05, 4.69) is 5.16 Å². The van der Waals surface area contributed by atoms with Crippen molar-refractivity contribution >= 4 is 5.97 Å². The van der Waals surface area contributed by atoms with Crippen molar-refractivity contribution in [2.45, 2.75) is 27.4 Å². The summed E-state index contributed by atoms with van der Waals surface area (Å²) < 4.78 is 15.7. The van der Waals surface area contributed by atoms with Crippen molar-refractivity contribution in [3.63, 3.8) is 0 Å². The maximum Gasteiger partial charge on any atom is 0.338 e. The van der Waals surface area contributed by atoms with Crippen LogP contribution >= 0.6 is 0 Å². The summed E-state index contributed by atoms with van der Waals surface area (Å²) in [6.07, 6.45) is 0. The van der Waals surface area contributed by atoms with Crippen molar-refractivity contribution in [3.8, 4) is 5.75 Å². The summed E-state index contributed by atoms with van der Waals surface area (Å²) in [6, 6.07) is 6.91. The average Bonchev–Trinajstić information content (AvgIpc) is 2.76. The number of aryl methyl sites for hydroxylation is 2. The van der Waals surface area contributed by atoms with Gasteiger partial charge in [0.25, 0.3) is 0 Å². The third-order valence-corrected chi connectivity index (χ3v) is 2.91. The lowest BCUT2D eigenvalue weighted by Crippen LogP contribution is -2.05. The summed E-state index contributed by atoms with van der Waals surface area (Å²) in [5.74, 6) is 0.995. The van der Waals surface area contributed by atoms with Crippen molar-refractivity contribution < 1.29 is 18.8 Å². The van der Waals surface area contributed by atoms with E-state index in [4.69, 9.17) is 14.0 Å². The molecule has 0 amide bonds. The van der Waals surface area contributed by atoms with Gasteiger partial charge in [-0.15, -0.1) is 0 Å². The Labute approximate surface area is 117 Å². The zero-order valence-corrected chi connectivity index (χ0v) is 11.8. The summed E-state index contributed by atoms with van der Waals surface area (Å²) in [7, 11) is 0. The van der Waals surface area contributed by atoms with Crippen LogP contribution in [0.25, 0.3) is 0 Å². The molecule has 0 bridgehead atoms. The molecule has 0 atom stereocenters. The summed E-state index contributed by atoms with van der Waals surface area (Å²) >= 11 is 0. The minimum atomic E-state index is -0.352. The quantitative estimate of drug-likeness (QED) is 0.785. The molecule has 0 saturated heterocycles. The minimum absolute atomic E-state index is 0.350. The van der Waals surface area contributed by atoms with Crippen molar-refractivity contribution in [1.82, 2.24) is 5.16 Å². The SMILES string of the molecule is CCOC(=O)c1cccc(OCc2c(C)noc2C)c1. The third kappa shape index (κ3) is 3.17. The van der Waals surface area contributed by atoms with Crippen LogP contribution in [0.3, 0.4) is 0 Å². The molecule has 0 unspecified atom stereocenters. The van der Waals surface area contributed by atoms with E-state index in [9.17, 15) is 4.79 Å². The number of ether oxygens (including phenoxy) is 2. The maximum absolute atomic E-state index is 11.6. The molecule has 1 aromatic carbocycles. The Kier molecular flexibility index (Phi) is 4.40. The van der Waals surface area contributed by atoms with Crippen LogP contribution in [-0.2, 0) is 11.3 Å². The Morgan fingerprint density at radius 1 is 1.35 bits per heavy atom. The van der Waals surface area contributed by atoms with E-state index in [0.29, 0.717) is 24.5 Å². The summed E-state index contributed by atoms with van der Waals surface area (Å²) in [5.41, 5.74) is 2.21. The Morgan fingerprint density at radius 3 is 2.80 bits per heavy atom. The normalized spacial score (nSPS) is 10.3. The van der Waals surface area contributed by atoms with Crippen LogP contribution in [0, 0.1) is 13.8 Å². The van der Waals surface area contributed by atoms with Crippen LogP contribution in [-0.4, -0.2) is 17.7 Å². The van der Waals surface area contributed by atoms with Gasteiger partial charge in [-0.25, -0.2) is 4.79 Å². The van der Waals surface area contributed by atoms with E-state index in [0.717, 1.165) is 17.0 Å². The van der Waals surface area contributed by atoms with Gasteiger partial charge in [-0.2, -0.15) is 0 Å². The van der Waals surface area contributed by atoms with Gasteiger partial charge in [-0.05, 0) is 39.0 Å². The standard InChI is InChI=1S/C15H17NO4/c1-4-18-15(17)12-6-5-7-13(8-12)19-9-14-10(2)16-20-11(14)3/h5-8H,4,9H2,1-3H3. The van der Waals surface area contributed by atoms with Crippen molar-refractivity contribution in [3.05, 3.63) is 46.8 Å². The molecule has 0 aliphatic carbocycles. The lowest BCUT2D eigenvalue weighted by molar-refractivity contribution is 0.0526. The van der Waals surface area contributed by atoms with Gasteiger partial charge in [0.1, 0.15) is 18.1 Å². The molecule has 0 N–H and O–H groups in total.